The van der Waals surface area contributed by atoms with E-state index >= 15 is 0 Å². The lowest BCUT2D eigenvalue weighted by molar-refractivity contribution is -0.120. The van der Waals surface area contributed by atoms with E-state index in [2.05, 4.69) is 15.3 Å². The first-order valence-corrected chi connectivity index (χ1v) is 9.48. The smallest absolute Gasteiger partial charge is 0.233 e. The zero-order chi connectivity index (χ0) is 17.2. The van der Waals surface area contributed by atoms with E-state index in [0.29, 0.717) is 6.54 Å². The van der Waals surface area contributed by atoms with Crippen molar-refractivity contribution in [3.05, 3.63) is 41.5 Å². The number of thioether (sulfide) groups is 1. The predicted molar refractivity (Wildman–Crippen MR) is 97.1 cm³/mol. The van der Waals surface area contributed by atoms with E-state index in [9.17, 15) is 4.79 Å². The minimum absolute atomic E-state index is 0.0374. The van der Waals surface area contributed by atoms with E-state index in [4.69, 9.17) is 9.47 Å². The van der Waals surface area contributed by atoms with Gasteiger partial charge in [0.15, 0.2) is 11.5 Å². The van der Waals surface area contributed by atoms with Crippen LogP contribution in [0.1, 0.15) is 12.5 Å². The molecule has 1 aromatic carbocycles. The van der Waals surface area contributed by atoms with Crippen LogP contribution in [-0.2, 0) is 11.3 Å². The van der Waals surface area contributed by atoms with Gasteiger partial charge in [0.1, 0.15) is 16.2 Å². The molecule has 0 radical (unpaired) electrons. The number of aromatic nitrogens is 2. The molecular weight excluding hydrogens is 358 g/mol. The number of hydrogen-bond acceptors (Lipinski definition) is 7. The monoisotopic (exact) mass is 373 g/mol. The lowest BCUT2D eigenvalue weighted by Gasteiger charge is -2.12. The van der Waals surface area contributed by atoms with Crippen molar-refractivity contribution in [3.63, 3.8) is 0 Å². The fourth-order valence-corrected chi connectivity index (χ4v) is 4.19. The summed E-state index contributed by atoms with van der Waals surface area (Å²) in [6.45, 7) is 2.56. The predicted octanol–water partition coefficient (Wildman–Crippen LogP) is 3.22. The molecule has 0 aliphatic carbocycles. The van der Waals surface area contributed by atoms with Crippen LogP contribution in [0.3, 0.4) is 0 Å². The average Bonchev–Trinajstić information content (AvgIpc) is 3.28. The van der Waals surface area contributed by atoms with Gasteiger partial charge in [0.05, 0.1) is 5.25 Å². The standard InChI is InChI=1S/C17H15N3O3S2/c1-10(25-17-12-4-5-24-16(12)19-8-20-17)15(21)18-7-11-2-3-13-14(6-11)23-9-22-13/h2-6,8,10H,7,9H2,1H3,(H,18,21). The number of thiophene rings is 1. The molecule has 1 unspecified atom stereocenters. The fourth-order valence-electron chi connectivity index (χ4n) is 2.47. The van der Waals surface area contributed by atoms with Crippen molar-refractivity contribution < 1.29 is 14.3 Å². The van der Waals surface area contributed by atoms with Crippen LogP contribution in [0, 0.1) is 0 Å². The van der Waals surface area contributed by atoms with Gasteiger partial charge in [0.25, 0.3) is 0 Å². The second kappa shape index (κ2) is 6.89. The molecule has 3 heterocycles. The Labute approximate surface area is 152 Å². The Balaban J connectivity index is 1.38. The molecule has 0 fully saturated rings. The first kappa shape index (κ1) is 16.2. The van der Waals surface area contributed by atoms with Crippen LogP contribution in [0.2, 0.25) is 0 Å². The lowest BCUT2D eigenvalue weighted by Crippen LogP contribution is -2.30. The molecule has 0 saturated carbocycles. The number of benzene rings is 1. The van der Waals surface area contributed by atoms with Crippen LogP contribution in [0.5, 0.6) is 11.5 Å². The van der Waals surface area contributed by atoms with Gasteiger partial charge in [0, 0.05) is 11.9 Å². The van der Waals surface area contributed by atoms with Gasteiger partial charge in [-0.05, 0) is 36.1 Å². The van der Waals surface area contributed by atoms with Crippen molar-refractivity contribution in [3.8, 4) is 11.5 Å². The minimum Gasteiger partial charge on any atom is -0.454 e. The molecule has 1 aliphatic heterocycles. The molecule has 0 bridgehead atoms. The summed E-state index contributed by atoms with van der Waals surface area (Å²) in [7, 11) is 0. The summed E-state index contributed by atoms with van der Waals surface area (Å²) < 4.78 is 10.6. The van der Waals surface area contributed by atoms with Gasteiger partial charge in [-0.2, -0.15) is 0 Å². The largest absolute Gasteiger partial charge is 0.454 e. The number of amides is 1. The van der Waals surface area contributed by atoms with Crippen molar-refractivity contribution in [2.45, 2.75) is 23.7 Å². The topological polar surface area (TPSA) is 73.3 Å². The number of rotatable bonds is 5. The summed E-state index contributed by atoms with van der Waals surface area (Å²) >= 11 is 3.01. The fraction of sp³-hybridized carbons (Fsp3) is 0.235. The summed E-state index contributed by atoms with van der Waals surface area (Å²) in [6, 6.07) is 7.65. The number of carbonyl (C=O) groups excluding carboxylic acids is 1. The molecule has 1 atom stereocenters. The molecule has 4 rings (SSSR count). The molecule has 1 aliphatic rings. The Morgan fingerprint density at radius 2 is 2.20 bits per heavy atom. The maximum absolute atomic E-state index is 12.4. The second-order valence-electron chi connectivity index (χ2n) is 5.48. The molecule has 8 heteroatoms. The van der Waals surface area contributed by atoms with Gasteiger partial charge in [-0.15, -0.1) is 11.3 Å². The molecule has 0 saturated heterocycles. The zero-order valence-corrected chi connectivity index (χ0v) is 15.0. The highest BCUT2D eigenvalue weighted by Gasteiger charge is 2.18. The number of ether oxygens (including phenoxy) is 2. The van der Waals surface area contributed by atoms with Crippen molar-refractivity contribution in [2.24, 2.45) is 0 Å². The van der Waals surface area contributed by atoms with E-state index in [-0.39, 0.29) is 18.0 Å². The van der Waals surface area contributed by atoms with Crippen LogP contribution >= 0.6 is 23.1 Å². The summed E-state index contributed by atoms with van der Waals surface area (Å²) in [4.78, 5) is 21.9. The van der Waals surface area contributed by atoms with Gasteiger partial charge < -0.3 is 14.8 Å². The van der Waals surface area contributed by atoms with Crippen LogP contribution in [0.25, 0.3) is 10.2 Å². The normalized spacial score (nSPS) is 13.8. The average molecular weight is 373 g/mol. The van der Waals surface area contributed by atoms with Crippen molar-refractivity contribution in [1.29, 1.82) is 0 Å². The SMILES string of the molecule is CC(Sc1ncnc2sccc12)C(=O)NCc1ccc2c(c1)OCO2. The first-order valence-electron chi connectivity index (χ1n) is 7.72. The zero-order valence-electron chi connectivity index (χ0n) is 13.4. The summed E-state index contributed by atoms with van der Waals surface area (Å²) in [5.41, 5.74) is 0.970. The molecule has 2 aromatic heterocycles. The third kappa shape index (κ3) is 3.40. The molecule has 1 amide bonds. The van der Waals surface area contributed by atoms with Gasteiger partial charge >= 0.3 is 0 Å². The number of fused-ring (bicyclic) bond motifs is 2. The van der Waals surface area contributed by atoms with Crippen LogP contribution in [0.15, 0.2) is 41.0 Å². The van der Waals surface area contributed by atoms with Crippen LogP contribution in [-0.4, -0.2) is 27.9 Å². The highest BCUT2D eigenvalue weighted by atomic mass is 32.2. The van der Waals surface area contributed by atoms with E-state index < -0.39 is 0 Å². The Bertz CT molecular complexity index is 928. The van der Waals surface area contributed by atoms with Gasteiger partial charge in [-0.3, -0.25) is 4.79 Å². The van der Waals surface area contributed by atoms with E-state index in [1.165, 1.54) is 11.8 Å². The highest BCUT2D eigenvalue weighted by Crippen LogP contribution is 2.33. The van der Waals surface area contributed by atoms with Gasteiger partial charge in [-0.1, -0.05) is 17.8 Å². The summed E-state index contributed by atoms with van der Waals surface area (Å²) in [5, 5.41) is 6.50. The number of nitrogens with one attached hydrogen (secondary N) is 1. The third-order valence-electron chi connectivity index (χ3n) is 3.79. The van der Waals surface area contributed by atoms with E-state index in [1.54, 1.807) is 17.7 Å². The van der Waals surface area contributed by atoms with Crippen molar-refractivity contribution in [2.75, 3.05) is 6.79 Å². The summed E-state index contributed by atoms with van der Waals surface area (Å²) in [6.07, 6.45) is 1.54. The molecule has 0 spiro atoms. The second-order valence-corrected chi connectivity index (χ2v) is 7.71. The molecule has 25 heavy (non-hydrogen) atoms. The molecule has 128 valence electrons. The lowest BCUT2D eigenvalue weighted by atomic mass is 10.2. The third-order valence-corrected chi connectivity index (χ3v) is 5.72. The minimum atomic E-state index is -0.257. The van der Waals surface area contributed by atoms with E-state index in [1.807, 2.05) is 36.6 Å². The quantitative estimate of drug-likeness (QED) is 0.547. The van der Waals surface area contributed by atoms with Gasteiger partial charge in [-0.25, -0.2) is 9.97 Å². The maximum Gasteiger partial charge on any atom is 0.233 e. The highest BCUT2D eigenvalue weighted by molar-refractivity contribution is 8.00. The molecular formula is C17H15N3O3S2. The van der Waals surface area contributed by atoms with Gasteiger partial charge in [0.2, 0.25) is 12.7 Å². The maximum atomic E-state index is 12.4. The Morgan fingerprint density at radius 3 is 3.12 bits per heavy atom. The molecule has 3 aromatic rings. The van der Waals surface area contributed by atoms with Crippen molar-refractivity contribution in [1.82, 2.24) is 15.3 Å². The van der Waals surface area contributed by atoms with Crippen LogP contribution in [0.4, 0.5) is 0 Å². The van der Waals surface area contributed by atoms with Crippen LogP contribution < -0.4 is 14.8 Å². The van der Waals surface area contributed by atoms with Crippen molar-refractivity contribution >= 4 is 39.2 Å². The molecule has 6 nitrogen and oxygen atoms in total. The molecule has 1 N–H and O–H groups in total. The number of carbonyl (C=O) groups is 1. The van der Waals surface area contributed by atoms with E-state index in [0.717, 1.165) is 32.3 Å². The Hall–Kier alpha value is -2.32. The Kier molecular flexibility index (Phi) is 4.46. The summed E-state index contributed by atoms with van der Waals surface area (Å²) in [5.74, 6) is 1.42. The first-order chi connectivity index (χ1) is 12.2. The Morgan fingerprint density at radius 1 is 1.32 bits per heavy atom. The number of nitrogens with zero attached hydrogens (tertiary/aromatic N) is 2. The number of hydrogen-bond donors (Lipinski definition) is 1.